The maximum absolute atomic E-state index is 13.0. The van der Waals surface area contributed by atoms with Crippen molar-refractivity contribution in [3.63, 3.8) is 0 Å². The largest absolute Gasteiger partial charge is 0.282 e. The Balaban J connectivity index is 2.11. The molecule has 0 fully saturated rings. The second-order valence-electron chi connectivity index (χ2n) is 5.71. The molecular formula is C19H17BrFN3O. The van der Waals surface area contributed by atoms with Crippen LogP contribution in [0.1, 0.15) is 31.2 Å². The Morgan fingerprint density at radius 1 is 1.24 bits per heavy atom. The minimum atomic E-state index is -0.310. The molecule has 0 bridgehead atoms. The highest BCUT2D eigenvalue weighted by molar-refractivity contribution is 9.10. The van der Waals surface area contributed by atoms with Gasteiger partial charge in [0.15, 0.2) is 0 Å². The number of unbranched alkanes of at least 4 members (excludes halogenated alkanes) is 1. The van der Waals surface area contributed by atoms with Gasteiger partial charge in [-0.15, -0.1) is 0 Å². The van der Waals surface area contributed by atoms with Crippen LogP contribution < -0.4 is 5.56 Å². The normalized spacial score (nSPS) is 11.5. The lowest BCUT2D eigenvalue weighted by Gasteiger charge is -2.09. The Bertz CT molecular complexity index is 980. The summed E-state index contributed by atoms with van der Waals surface area (Å²) in [6, 6.07) is 11.4. The number of hydrogen-bond acceptors (Lipinski definition) is 3. The summed E-state index contributed by atoms with van der Waals surface area (Å²) in [5, 5.41) is 4.82. The highest BCUT2D eigenvalue weighted by atomic mass is 79.9. The highest BCUT2D eigenvalue weighted by Crippen LogP contribution is 2.16. The standard InChI is InChI=1S/C19H17BrFN3O/c1-2-3-4-18-23-17-10-7-14(20)11-16(17)19(25)24(18)22-12-13-5-8-15(21)9-6-13/h5-12H,2-4H2,1H3. The first-order valence-electron chi connectivity index (χ1n) is 8.09. The zero-order valence-corrected chi connectivity index (χ0v) is 15.3. The van der Waals surface area contributed by atoms with Crippen molar-refractivity contribution >= 4 is 33.0 Å². The number of aryl methyl sites for hydroxylation is 1. The summed E-state index contributed by atoms with van der Waals surface area (Å²) in [6.07, 6.45) is 4.12. The van der Waals surface area contributed by atoms with Gasteiger partial charge in [-0.2, -0.15) is 9.78 Å². The first kappa shape index (κ1) is 17.5. The smallest absolute Gasteiger partial charge is 0.267 e. The molecule has 0 N–H and O–H groups in total. The molecule has 0 spiro atoms. The molecule has 1 heterocycles. The summed E-state index contributed by atoms with van der Waals surface area (Å²) in [7, 11) is 0. The van der Waals surface area contributed by atoms with E-state index in [9.17, 15) is 9.18 Å². The van der Waals surface area contributed by atoms with Gasteiger partial charge in [0.1, 0.15) is 11.6 Å². The van der Waals surface area contributed by atoms with Crippen LogP contribution in [0.5, 0.6) is 0 Å². The molecular weight excluding hydrogens is 385 g/mol. The van der Waals surface area contributed by atoms with Gasteiger partial charge in [0.2, 0.25) is 0 Å². The predicted octanol–water partition coefficient (Wildman–Crippen LogP) is 4.52. The van der Waals surface area contributed by atoms with Crippen molar-refractivity contribution in [2.45, 2.75) is 26.2 Å². The number of nitrogens with zero attached hydrogens (tertiary/aromatic N) is 3. The maximum atomic E-state index is 13.0. The van der Waals surface area contributed by atoms with Crippen molar-refractivity contribution < 1.29 is 4.39 Å². The minimum Gasteiger partial charge on any atom is -0.267 e. The third-order valence-electron chi connectivity index (χ3n) is 3.82. The van der Waals surface area contributed by atoms with Crippen molar-refractivity contribution in [2.75, 3.05) is 0 Å². The SMILES string of the molecule is CCCCc1nc2ccc(Br)cc2c(=O)n1N=Cc1ccc(F)cc1. The Hall–Kier alpha value is -2.34. The lowest BCUT2D eigenvalue weighted by molar-refractivity contribution is 0.627. The van der Waals surface area contributed by atoms with E-state index in [1.54, 1.807) is 24.4 Å². The quantitative estimate of drug-likeness (QED) is 0.589. The van der Waals surface area contributed by atoms with E-state index in [2.05, 4.69) is 32.9 Å². The van der Waals surface area contributed by atoms with Crippen molar-refractivity contribution in [1.82, 2.24) is 9.66 Å². The van der Waals surface area contributed by atoms with E-state index < -0.39 is 0 Å². The molecule has 6 heteroatoms. The molecule has 2 aromatic carbocycles. The van der Waals surface area contributed by atoms with Crippen LogP contribution in [0.25, 0.3) is 10.9 Å². The molecule has 0 aliphatic heterocycles. The van der Waals surface area contributed by atoms with E-state index in [4.69, 9.17) is 0 Å². The fourth-order valence-electron chi connectivity index (χ4n) is 2.48. The topological polar surface area (TPSA) is 47.2 Å². The number of hydrogen-bond donors (Lipinski definition) is 0. The van der Waals surface area contributed by atoms with Crippen LogP contribution in [0.15, 0.2) is 56.8 Å². The molecule has 25 heavy (non-hydrogen) atoms. The molecule has 3 aromatic rings. The van der Waals surface area contributed by atoms with Crippen molar-refractivity contribution in [1.29, 1.82) is 0 Å². The van der Waals surface area contributed by atoms with Crippen molar-refractivity contribution in [2.24, 2.45) is 5.10 Å². The second kappa shape index (κ2) is 7.70. The summed E-state index contributed by atoms with van der Waals surface area (Å²) in [4.78, 5) is 17.5. The third-order valence-corrected chi connectivity index (χ3v) is 4.31. The predicted molar refractivity (Wildman–Crippen MR) is 102 cm³/mol. The number of rotatable bonds is 5. The number of benzene rings is 2. The maximum Gasteiger partial charge on any atom is 0.282 e. The molecule has 0 unspecified atom stereocenters. The summed E-state index contributed by atoms with van der Waals surface area (Å²) < 4.78 is 15.2. The van der Waals surface area contributed by atoms with Gasteiger partial charge in [-0.05, 0) is 42.3 Å². The Kier molecular flexibility index (Phi) is 5.38. The first-order chi connectivity index (χ1) is 12.1. The fraction of sp³-hybridized carbons (Fsp3) is 0.211. The van der Waals surface area contributed by atoms with Gasteiger partial charge in [0.25, 0.3) is 5.56 Å². The Morgan fingerprint density at radius 2 is 2.00 bits per heavy atom. The minimum absolute atomic E-state index is 0.212. The molecule has 0 atom stereocenters. The van der Waals surface area contributed by atoms with Crippen LogP contribution >= 0.6 is 15.9 Å². The molecule has 0 aliphatic carbocycles. The van der Waals surface area contributed by atoms with Gasteiger partial charge < -0.3 is 0 Å². The monoisotopic (exact) mass is 401 g/mol. The van der Waals surface area contributed by atoms with Crippen molar-refractivity contribution in [3.8, 4) is 0 Å². The molecule has 4 nitrogen and oxygen atoms in total. The second-order valence-corrected chi connectivity index (χ2v) is 6.62. The Morgan fingerprint density at radius 3 is 2.72 bits per heavy atom. The highest BCUT2D eigenvalue weighted by Gasteiger charge is 2.10. The van der Waals surface area contributed by atoms with E-state index in [0.29, 0.717) is 28.7 Å². The van der Waals surface area contributed by atoms with Gasteiger partial charge in [-0.3, -0.25) is 4.79 Å². The summed E-state index contributed by atoms with van der Waals surface area (Å²) in [5.41, 5.74) is 1.16. The van der Waals surface area contributed by atoms with E-state index in [-0.39, 0.29) is 11.4 Å². The van der Waals surface area contributed by atoms with Crippen LogP contribution in [0.2, 0.25) is 0 Å². The molecule has 0 saturated carbocycles. The lowest BCUT2D eigenvalue weighted by Crippen LogP contribution is -2.22. The van der Waals surface area contributed by atoms with Gasteiger partial charge >= 0.3 is 0 Å². The fourth-order valence-corrected chi connectivity index (χ4v) is 2.84. The van der Waals surface area contributed by atoms with Crippen LogP contribution in [0.3, 0.4) is 0 Å². The number of aromatic nitrogens is 2. The van der Waals surface area contributed by atoms with Gasteiger partial charge in [-0.25, -0.2) is 9.37 Å². The lowest BCUT2D eigenvalue weighted by atomic mass is 10.2. The summed E-state index contributed by atoms with van der Waals surface area (Å²) >= 11 is 3.38. The van der Waals surface area contributed by atoms with Crippen LogP contribution in [0, 0.1) is 5.82 Å². The zero-order valence-electron chi connectivity index (χ0n) is 13.7. The molecule has 0 amide bonds. The molecule has 1 aromatic heterocycles. The van der Waals surface area contributed by atoms with E-state index in [1.165, 1.54) is 16.8 Å². The number of fused-ring (bicyclic) bond motifs is 1. The van der Waals surface area contributed by atoms with E-state index in [0.717, 1.165) is 17.3 Å². The summed E-state index contributed by atoms with van der Waals surface area (Å²) in [6.45, 7) is 2.09. The van der Waals surface area contributed by atoms with Crippen molar-refractivity contribution in [3.05, 3.63) is 74.5 Å². The Labute approximate surface area is 153 Å². The first-order valence-corrected chi connectivity index (χ1v) is 8.89. The van der Waals surface area contributed by atoms with Gasteiger partial charge in [0.05, 0.1) is 17.1 Å². The molecule has 0 radical (unpaired) electrons. The number of halogens is 2. The molecule has 3 rings (SSSR count). The zero-order chi connectivity index (χ0) is 17.8. The third kappa shape index (κ3) is 4.02. The average molecular weight is 402 g/mol. The molecule has 0 aliphatic rings. The van der Waals surface area contributed by atoms with E-state index in [1.807, 2.05) is 12.1 Å². The average Bonchev–Trinajstić information content (AvgIpc) is 2.61. The molecule has 0 saturated heterocycles. The van der Waals surface area contributed by atoms with Crippen LogP contribution in [-0.2, 0) is 6.42 Å². The van der Waals surface area contributed by atoms with E-state index >= 15 is 0 Å². The van der Waals surface area contributed by atoms with Gasteiger partial charge in [-0.1, -0.05) is 41.4 Å². The van der Waals surface area contributed by atoms with Crippen LogP contribution in [-0.4, -0.2) is 15.9 Å². The van der Waals surface area contributed by atoms with Crippen LogP contribution in [0.4, 0.5) is 4.39 Å². The van der Waals surface area contributed by atoms with Gasteiger partial charge in [0, 0.05) is 10.9 Å². The molecule has 128 valence electrons. The summed E-state index contributed by atoms with van der Waals surface area (Å²) in [5.74, 6) is 0.315.